The van der Waals surface area contributed by atoms with Crippen LogP contribution in [0.1, 0.15) is 49.1 Å². The van der Waals surface area contributed by atoms with E-state index in [0.717, 1.165) is 54.8 Å². The largest absolute Gasteiger partial charge is 0.369 e. The number of hydrogen-bond acceptors (Lipinski definition) is 2. The van der Waals surface area contributed by atoms with Crippen LogP contribution in [0.25, 0.3) is 5.70 Å². The highest BCUT2D eigenvalue weighted by Gasteiger charge is 2.49. The van der Waals surface area contributed by atoms with Gasteiger partial charge in [0.25, 0.3) is 0 Å². The van der Waals surface area contributed by atoms with Crippen molar-refractivity contribution in [2.45, 2.75) is 44.4 Å². The average molecular weight is 414 g/mol. The van der Waals surface area contributed by atoms with Crippen LogP contribution in [-0.4, -0.2) is 15.5 Å². The summed E-state index contributed by atoms with van der Waals surface area (Å²) in [6.45, 7) is 6.26. The lowest BCUT2D eigenvalue weighted by atomic mass is 9.64. The molecule has 0 unspecified atom stereocenters. The maximum Gasteiger partial charge on any atom is 0.232 e. The van der Waals surface area contributed by atoms with Gasteiger partial charge < -0.3 is 10.3 Å². The molecular formula is C27H31N3O. The summed E-state index contributed by atoms with van der Waals surface area (Å²) in [4.78, 5) is 17.5. The molecule has 0 radical (unpaired) electrons. The number of hydrogen-bond donors (Lipinski definition) is 1. The predicted molar refractivity (Wildman–Crippen MR) is 125 cm³/mol. The lowest BCUT2D eigenvalue weighted by Crippen LogP contribution is -2.47. The molecule has 2 aromatic carbocycles. The van der Waals surface area contributed by atoms with Crippen LogP contribution in [0.3, 0.4) is 0 Å². The van der Waals surface area contributed by atoms with Crippen molar-refractivity contribution in [1.29, 1.82) is 0 Å². The van der Waals surface area contributed by atoms with E-state index in [1.165, 1.54) is 0 Å². The molecule has 0 spiro atoms. The summed E-state index contributed by atoms with van der Waals surface area (Å²) in [5, 5.41) is 0. The monoisotopic (exact) mass is 413 g/mol. The van der Waals surface area contributed by atoms with Gasteiger partial charge in [-0.05, 0) is 55.6 Å². The summed E-state index contributed by atoms with van der Waals surface area (Å²) in [6.07, 6.45) is 8.86. The standard InChI is InChI=1S/C27H31N3O/c1-20(30-18-17-29-21(30)2)13-14-22-15-16-25(19-22)27(26(28)31,23-9-5-3-6-10-23)24-11-7-4-8-12-24/h3-12,17-18,22,25H,1,13-16,19H2,2H3,(H2,28,31)/t22-,25-/m0/s1. The molecule has 1 aromatic heterocycles. The molecular weight excluding hydrogens is 382 g/mol. The minimum atomic E-state index is -0.796. The zero-order valence-corrected chi connectivity index (χ0v) is 18.2. The second-order valence-corrected chi connectivity index (χ2v) is 8.73. The minimum Gasteiger partial charge on any atom is -0.369 e. The Hall–Kier alpha value is -3.14. The molecule has 1 amide bonds. The van der Waals surface area contributed by atoms with E-state index in [2.05, 4.69) is 40.4 Å². The Morgan fingerprint density at radius 1 is 1.10 bits per heavy atom. The fourth-order valence-corrected chi connectivity index (χ4v) is 5.46. The van der Waals surface area contributed by atoms with Crippen LogP contribution < -0.4 is 5.73 Å². The van der Waals surface area contributed by atoms with Gasteiger partial charge in [0, 0.05) is 18.1 Å². The first kappa shape index (κ1) is 21.1. The molecule has 2 N–H and O–H groups in total. The predicted octanol–water partition coefficient (Wildman–Crippen LogP) is 5.33. The van der Waals surface area contributed by atoms with Gasteiger partial charge in [0.2, 0.25) is 5.91 Å². The van der Waals surface area contributed by atoms with Gasteiger partial charge in [-0.3, -0.25) is 4.79 Å². The fraction of sp³-hybridized carbons (Fsp3) is 0.333. The Bertz CT molecular complexity index is 999. The van der Waals surface area contributed by atoms with Crippen molar-refractivity contribution < 1.29 is 4.79 Å². The number of carbonyl (C=O) groups excluding carboxylic acids is 1. The molecule has 0 saturated heterocycles. The van der Waals surface area contributed by atoms with Crippen molar-refractivity contribution in [1.82, 2.24) is 9.55 Å². The number of rotatable bonds is 8. The number of benzene rings is 2. The normalized spacial score (nSPS) is 18.7. The second kappa shape index (κ2) is 8.93. The Morgan fingerprint density at radius 3 is 2.23 bits per heavy atom. The van der Waals surface area contributed by atoms with Gasteiger partial charge in [-0.1, -0.05) is 73.7 Å². The molecule has 4 nitrogen and oxygen atoms in total. The first-order chi connectivity index (χ1) is 15.0. The van der Waals surface area contributed by atoms with Crippen LogP contribution >= 0.6 is 0 Å². The van der Waals surface area contributed by atoms with Gasteiger partial charge in [-0.2, -0.15) is 0 Å². The van der Waals surface area contributed by atoms with Crippen molar-refractivity contribution in [2.75, 3.05) is 0 Å². The number of nitrogens with two attached hydrogens (primary N) is 1. The van der Waals surface area contributed by atoms with E-state index in [0.29, 0.717) is 5.92 Å². The summed E-state index contributed by atoms with van der Waals surface area (Å²) in [7, 11) is 0. The van der Waals surface area contributed by atoms with Gasteiger partial charge in [0.1, 0.15) is 11.2 Å². The van der Waals surface area contributed by atoms with Gasteiger partial charge in [-0.15, -0.1) is 0 Å². The second-order valence-electron chi connectivity index (χ2n) is 8.73. The lowest BCUT2D eigenvalue weighted by Gasteiger charge is -2.38. The SMILES string of the molecule is C=C(CC[C@H]1CC[C@H](C(C(N)=O)(c2ccccc2)c2ccccc2)C1)n1ccnc1C. The Labute approximate surface area is 184 Å². The molecule has 1 heterocycles. The number of carbonyl (C=O) groups is 1. The molecule has 4 heteroatoms. The highest BCUT2D eigenvalue weighted by molar-refractivity contribution is 5.91. The molecule has 3 aromatic rings. The van der Waals surface area contributed by atoms with Crippen LogP contribution in [0, 0.1) is 18.8 Å². The van der Waals surface area contributed by atoms with E-state index in [1.54, 1.807) is 0 Å². The van der Waals surface area contributed by atoms with Crippen LogP contribution in [0.15, 0.2) is 79.6 Å². The van der Waals surface area contributed by atoms with Crippen molar-refractivity contribution in [2.24, 2.45) is 17.6 Å². The van der Waals surface area contributed by atoms with E-state index >= 15 is 0 Å². The zero-order valence-electron chi connectivity index (χ0n) is 18.2. The molecule has 1 aliphatic rings. The van der Waals surface area contributed by atoms with Crippen LogP contribution in [0.5, 0.6) is 0 Å². The number of nitrogens with zero attached hydrogens (tertiary/aromatic N) is 2. The quantitative estimate of drug-likeness (QED) is 0.542. The Morgan fingerprint density at radius 2 is 1.71 bits per heavy atom. The number of allylic oxidation sites excluding steroid dienone is 1. The summed E-state index contributed by atoms with van der Waals surface area (Å²) >= 11 is 0. The van der Waals surface area contributed by atoms with Crippen molar-refractivity contribution >= 4 is 11.6 Å². The number of primary amides is 1. The summed E-state index contributed by atoms with van der Waals surface area (Å²) in [5.41, 5.74) is 8.47. The molecule has 1 saturated carbocycles. The summed E-state index contributed by atoms with van der Waals surface area (Å²) in [6, 6.07) is 20.2. The minimum absolute atomic E-state index is 0.183. The summed E-state index contributed by atoms with van der Waals surface area (Å²) < 4.78 is 2.06. The third kappa shape index (κ3) is 3.95. The molecule has 160 valence electrons. The van der Waals surface area contributed by atoms with E-state index in [1.807, 2.05) is 55.7 Å². The van der Waals surface area contributed by atoms with Gasteiger partial charge in [0.15, 0.2) is 0 Å². The zero-order chi connectivity index (χ0) is 21.8. The third-order valence-electron chi connectivity index (χ3n) is 7.01. The van der Waals surface area contributed by atoms with Crippen LogP contribution in [0.4, 0.5) is 0 Å². The fourth-order valence-electron chi connectivity index (χ4n) is 5.46. The van der Waals surface area contributed by atoms with Gasteiger partial charge in [-0.25, -0.2) is 4.98 Å². The van der Waals surface area contributed by atoms with E-state index < -0.39 is 5.41 Å². The van der Waals surface area contributed by atoms with Crippen LogP contribution in [0.2, 0.25) is 0 Å². The maximum absolute atomic E-state index is 13.2. The highest BCUT2D eigenvalue weighted by atomic mass is 16.1. The van der Waals surface area contributed by atoms with Gasteiger partial charge >= 0.3 is 0 Å². The van der Waals surface area contributed by atoms with E-state index in [4.69, 9.17) is 5.73 Å². The number of aryl methyl sites for hydroxylation is 1. The molecule has 2 atom stereocenters. The number of aromatic nitrogens is 2. The van der Waals surface area contributed by atoms with Crippen LogP contribution in [-0.2, 0) is 10.2 Å². The first-order valence-electron chi connectivity index (χ1n) is 11.1. The van der Waals surface area contributed by atoms with E-state index in [-0.39, 0.29) is 11.8 Å². The third-order valence-corrected chi connectivity index (χ3v) is 7.01. The molecule has 1 fully saturated rings. The molecule has 1 aliphatic carbocycles. The van der Waals surface area contributed by atoms with Gasteiger partial charge in [0.05, 0.1) is 0 Å². The molecule has 0 bridgehead atoms. The first-order valence-corrected chi connectivity index (χ1v) is 11.1. The highest BCUT2D eigenvalue weighted by Crippen LogP contribution is 2.49. The van der Waals surface area contributed by atoms with Crippen molar-refractivity contribution in [3.8, 4) is 0 Å². The van der Waals surface area contributed by atoms with E-state index in [9.17, 15) is 4.79 Å². The molecule has 0 aliphatic heterocycles. The topological polar surface area (TPSA) is 60.9 Å². The lowest BCUT2D eigenvalue weighted by molar-refractivity contribution is -0.123. The Kier molecular flexibility index (Phi) is 6.08. The number of imidazole rings is 1. The smallest absolute Gasteiger partial charge is 0.232 e. The molecule has 4 rings (SSSR count). The number of amides is 1. The Balaban J connectivity index is 1.58. The van der Waals surface area contributed by atoms with Crippen molar-refractivity contribution in [3.63, 3.8) is 0 Å². The summed E-state index contributed by atoms with van der Waals surface area (Å²) in [5.74, 6) is 1.45. The maximum atomic E-state index is 13.2. The average Bonchev–Trinajstić information content (AvgIpc) is 3.43. The van der Waals surface area contributed by atoms with Crippen molar-refractivity contribution in [3.05, 3.63) is 96.6 Å². The molecule has 31 heavy (non-hydrogen) atoms.